The van der Waals surface area contributed by atoms with Crippen molar-refractivity contribution in [1.29, 1.82) is 0 Å². The van der Waals surface area contributed by atoms with E-state index in [0.717, 1.165) is 18.9 Å². The highest BCUT2D eigenvalue weighted by atomic mass is 35.5. The number of hydrogen-bond donors (Lipinski definition) is 4. The van der Waals surface area contributed by atoms with Gasteiger partial charge in [-0.15, -0.1) is 0 Å². The molecule has 2 aliphatic heterocycles. The first-order valence-corrected chi connectivity index (χ1v) is 12.6. The Labute approximate surface area is 201 Å². The molecule has 2 saturated heterocycles. The van der Waals surface area contributed by atoms with Crippen molar-refractivity contribution in [3.8, 4) is 5.75 Å². The number of carbonyl (C=O) groups is 1. The van der Waals surface area contributed by atoms with Gasteiger partial charge in [0.2, 0.25) is 10.0 Å². The average Bonchev–Trinajstić information content (AvgIpc) is 2.94. The summed E-state index contributed by atoms with van der Waals surface area (Å²) < 4.78 is 42.5. The summed E-state index contributed by atoms with van der Waals surface area (Å²) in [5.74, 6) is -1.42. The lowest BCUT2D eigenvalue weighted by molar-refractivity contribution is 0.157. The molecule has 12 heteroatoms. The van der Waals surface area contributed by atoms with Crippen LogP contribution >= 0.6 is 23.2 Å². The Bertz CT molecular complexity index is 1180. The van der Waals surface area contributed by atoms with Gasteiger partial charge in [-0.05, 0) is 57.0 Å². The van der Waals surface area contributed by atoms with Crippen molar-refractivity contribution < 1.29 is 22.7 Å². The Kier molecular flexibility index (Phi) is 6.75. The van der Waals surface area contributed by atoms with Gasteiger partial charge in [0.25, 0.3) is 0 Å². The number of benzene rings is 2. The van der Waals surface area contributed by atoms with Gasteiger partial charge in [-0.25, -0.2) is 22.3 Å². The second kappa shape index (κ2) is 9.27. The number of aromatic hydroxyl groups is 1. The molecular weight excluding hydrogens is 494 g/mol. The number of piperidine rings is 1. The predicted molar refractivity (Wildman–Crippen MR) is 125 cm³/mol. The van der Waals surface area contributed by atoms with E-state index in [1.165, 1.54) is 24.3 Å². The Morgan fingerprint density at radius 3 is 2.39 bits per heavy atom. The Balaban J connectivity index is 1.52. The smallest absolute Gasteiger partial charge is 0.323 e. The van der Waals surface area contributed by atoms with E-state index >= 15 is 0 Å². The number of nitrogens with one attached hydrogen (secondary N) is 3. The van der Waals surface area contributed by atoms with Crippen LogP contribution in [-0.4, -0.2) is 49.6 Å². The summed E-state index contributed by atoms with van der Waals surface area (Å²) in [6.45, 7) is 0. The van der Waals surface area contributed by atoms with E-state index in [4.69, 9.17) is 23.2 Å². The summed E-state index contributed by atoms with van der Waals surface area (Å²) in [5, 5.41) is 14.9. The number of hydrogen-bond acceptors (Lipinski definition) is 5. The molecule has 2 aromatic rings. The van der Waals surface area contributed by atoms with Crippen LogP contribution in [0.3, 0.4) is 0 Å². The maximum Gasteiger partial charge on any atom is 0.323 e. The number of carbonyl (C=O) groups excluding carboxylic acids is 1. The van der Waals surface area contributed by atoms with Gasteiger partial charge in [0.05, 0.1) is 21.4 Å². The highest BCUT2D eigenvalue weighted by molar-refractivity contribution is 7.89. The first kappa shape index (κ1) is 24.0. The fourth-order valence-corrected chi connectivity index (χ4v) is 6.63. The number of phenolic OH excluding ortho intramolecular Hbond substituents is 1. The highest BCUT2D eigenvalue weighted by Gasteiger charge is 2.40. The molecule has 2 aromatic carbocycles. The average molecular weight is 517 g/mol. The topological polar surface area (TPSA) is 111 Å². The Morgan fingerprint density at radius 2 is 1.73 bits per heavy atom. The van der Waals surface area contributed by atoms with E-state index in [0.29, 0.717) is 24.9 Å². The molecule has 0 aromatic heterocycles. The molecule has 0 radical (unpaired) electrons. The first-order chi connectivity index (χ1) is 15.6. The van der Waals surface area contributed by atoms with Gasteiger partial charge in [0.1, 0.15) is 10.7 Å². The number of anilines is 2. The number of phenols is 1. The molecule has 4 rings (SSSR count). The number of halogens is 3. The van der Waals surface area contributed by atoms with Gasteiger partial charge in [0.15, 0.2) is 5.75 Å². The quantitative estimate of drug-likeness (QED) is 0.440. The van der Waals surface area contributed by atoms with Crippen molar-refractivity contribution in [3.63, 3.8) is 0 Å². The molecule has 2 bridgehead atoms. The van der Waals surface area contributed by atoms with Crippen LogP contribution in [0.4, 0.5) is 20.6 Å². The van der Waals surface area contributed by atoms with Crippen LogP contribution in [-0.2, 0) is 10.0 Å². The molecule has 2 fully saturated rings. The largest absolute Gasteiger partial charge is 0.504 e. The summed E-state index contributed by atoms with van der Waals surface area (Å²) in [4.78, 5) is 14.1. The monoisotopic (exact) mass is 516 g/mol. The zero-order valence-corrected chi connectivity index (χ0v) is 19.9. The molecule has 0 saturated carbocycles. The van der Waals surface area contributed by atoms with E-state index in [1.807, 2.05) is 7.05 Å². The van der Waals surface area contributed by atoms with E-state index in [2.05, 4.69) is 20.3 Å². The zero-order chi connectivity index (χ0) is 23.9. The van der Waals surface area contributed by atoms with Crippen LogP contribution in [0.2, 0.25) is 10.0 Å². The SMILES string of the molecule is CN1[C@@H]2CC[C@H]1CC(NS(=O)(=O)c1c(Cl)ccc(NC(=O)Nc3cccc(F)c3Cl)c1O)C2. The van der Waals surface area contributed by atoms with Gasteiger partial charge in [-0.3, -0.25) is 0 Å². The van der Waals surface area contributed by atoms with Crippen molar-refractivity contribution in [1.82, 2.24) is 9.62 Å². The Morgan fingerprint density at radius 1 is 1.09 bits per heavy atom. The van der Waals surface area contributed by atoms with E-state index in [9.17, 15) is 22.7 Å². The van der Waals surface area contributed by atoms with E-state index < -0.39 is 32.5 Å². The fourth-order valence-electron chi connectivity index (χ4n) is 4.57. The minimum atomic E-state index is -4.18. The van der Waals surface area contributed by atoms with Crippen LogP contribution in [0.1, 0.15) is 25.7 Å². The standard InChI is InChI=1S/C21H23Cl2FN4O4S/c1-28-12-5-6-13(28)10-11(9-12)27-33(31,32)20-14(22)7-8-17(19(20)29)26-21(30)25-16-4-2-3-15(24)18(16)23/h2-4,7-8,11-13,27,29H,5-6,9-10H2,1H3,(H2,25,26,30)/t11?,12-,13+. The molecule has 178 valence electrons. The van der Waals surface area contributed by atoms with Gasteiger partial charge in [-0.1, -0.05) is 29.3 Å². The number of sulfonamides is 1. The molecule has 0 spiro atoms. The summed E-state index contributed by atoms with van der Waals surface area (Å²) in [7, 11) is -2.13. The number of amides is 2. The molecule has 4 N–H and O–H groups in total. The van der Waals surface area contributed by atoms with Gasteiger partial charge in [0, 0.05) is 18.1 Å². The van der Waals surface area contributed by atoms with Crippen LogP contribution in [0, 0.1) is 5.82 Å². The third-order valence-corrected chi connectivity index (χ3v) is 8.63. The molecule has 2 aliphatic rings. The number of fused-ring (bicyclic) bond motifs is 2. The molecule has 2 heterocycles. The van der Waals surface area contributed by atoms with Crippen molar-refractivity contribution in [3.05, 3.63) is 46.2 Å². The van der Waals surface area contributed by atoms with Crippen LogP contribution in [0.25, 0.3) is 0 Å². The van der Waals surface area contributed by atoms with Crippen molar-refractivity contribution in [2.24, 2.45) is 0 Å². The number of urea groups is 1. The fraction of sp³-hybridized carbons (Fsp3) is 0.381. The maximum atomic E-state index is 13.6. The van der Waals surface area contributed by atoms with Crippen molar-refractivity contribution in [2.75, 3.05) is 17.7 Å². The Hall–Kier alpha value is -2.11. The minimum absolute atomic E-state index is 0.00836. The van der Waals surface area contributed by atoms with Crippen molar-refractivity contribution in [2.45, 2.75) is 48.7 Å². The maximum absolute atomic E-state index is 13.6. The van der Waals surface area contributed by atoms with Crippen molar-refractivity contribution >= 4 is 50.6 Å². The molecule has 1 unspecified atom stereocenters. The first-order valence-electron chi connectivity index (χ1n) is 10.3. The summed E-state index contributed by atoms with van der Waals surface area (Å²) in [6.07, 6.45) is 3.38. The predicted octanol–water partition coefficient (Wildman–Crippen LogP) is 4.39. The lowest BCUT2D eigenvalue weighted by Gasteiger charge is -2.36. The minimum Gasteiger partial charge on any atom is -0.504 e. The normalized spacial score (nSPS) is 22.8. The van der Waals surface area contributed by atoms with E-state index in [1.54, 1.807) is 0 Å². The molecule has 3 atom stereocenters. The van der Waals surface area contributed by atoms with Crippen LogP contribution in [0.5, 0.6) is 5.75 Å². The third-order valence-electron chi connectivity index (χ3n) is 6.22. The number of nitrogens with zero attached hydrogens (tertiary/aromatic N) is 1. The summed E-state index contributed by atoms with van der Waals surface area (Å²) in [5.41, 5.74) is -0.178. The molecule has 2 amide bonds. The number of rotatable bonds is 5. The van der Waals surface area contributed by atoms with E-state index in [-0.39, 0.29) is 27.5 Å². The van der Waals surface area contributed by atoms with Crippen LogP contribution < -0.4 is 15.4 Å². The molecule has 8 nitrogen and oxygen atoms in total. The van der Waals surface area contributed by atoms with Crippen LogP contribution in [0.15, 0.2) is 35.2 Å². The van der Waals surface area contributed by atoms with Gasteiger partial charge in [-0.2, -0.15) is 0 Å². The third kappa shape index (κ3) is 4.90. The second-order valence-electron chi connectivity index (χ2n) is 8.29. The molecule has 0 aliphatic carbocycles. The molecule has 33 heavy (non-hydrogen) atoms. The highest BCUT2D eigenvalue weighted by Crippen LogP contribution is 2.39. The zero-order valence-electron chi connectivity index (χ0n) is 17.6. The molecular formula is C21H23Cl2FN4O4S. The lowest BCUT2D eigenvalue weighted by Crippen LogP contribution is -2.48. The van der Waals surface area contributed by atoms with Gasteiger partial charge < -0.3 is 20.6 Å². The second-order valence-corrected chi connectivity index (χ2v) is 10.7. The lowest BCUT2D eigenvalue weighted by atomic mass is 9.99. The summed E-state index contributed by atoms with van der Waals surface area (Å²) in [6, 6.07) is 5.90. The summed E-state index contributed by atoms with van der Waals surface area (Å²) >= 11 is 12.0. The van der Waals surface area contributed by atoms with Gasteiger partial charge >= 0.3 is 6.03 Å².